The van der Waals surface area contributed by atoms with Gasteiger partial charge < -0.3 is 9.55 Å². The Kier molecular flexibility index (Phi) is 9.25. The van der Waals surface area contributed by atoms with E-state index in [1.54, 1.807) is 0 Å². The van der Waals surface area contributed by atoms with Crippen molar-refractivity contribution in [3.8, 4) is 95.2 Å². The standard InChI is InChI=1S/C67H40ClN5/c68-67-71-65(43-27-23-41(24-28-43)40-11-2-1-3-12-40)70-66(72-67)44-29-25-42(26-30-44)45-13-8-14-46(35-45)47-15-9-16-50(36-47)73-61-22-7-6-19-53(61)56-37-49(32-34-62(56)73)48-31-33-59-58(38-48)64-55-21-10-20-54-51-17-4-5-18-52(51)57(63(54)55)39-60(64)69-59/h1-39,69H. The van der Waals surface area contributed by atoms with Crippen LogP contribution in [-0.2, 0) is 0 Å². The van der Waals surface area contributed by atoms with Crippen molar-refractivity contribution >= 4 is 66.0 Å². The van der Waals surface area contributed by atoms with Crippen molar-refractivity contribution in [2.24, 2.45) is 0 Å². The number of benzene rings is 11. The fraction of sp³-hybridized carbons (Fsp3) is 0. The van der Waals surface area contributed by atoms with Crippen LogP contribution in [0, 0.1) is 0 Å². The molecule has 0 unspecified atom stereocenters. The van der Waals surface area contributed by atoms with Gasteiger partial charge in [-0.05, 0) is 144 Å². The summed E-state index contributed by atoms with van der Waals surface area (Å²) >= 11 is 6.50. The van der Waals surface area contributed by atoms with E-state index in [9.17, 15) is 0 Å². The molecule has 0 bridgehead atoms. The van der Waals surface area contributed by atoms with E-state index in [0.717, 1.165) is 55.7 Å². The van der Waals surface area contributed by atoms with E-state index in [0.29, 0.717) is 11.6 Å². The van der Waals surface area contributed by atoms with E-state index in [4.69, 9.17) is 16.6 Å². The highest BCUT2D eigenvalue weighted by molar-refractivity contribution is 6.29. The third-order valence-electron chi connectivity index (χ3n) is 14.9. The number of nitrogens with one attached hydrogen (secondary N) is 1. The molecule has 3 heterocycles. The third-order valence-corrected chi connectivity index (χ3v) is 15.0. The average molecular weight is 951 g/mol. The van der Waals surface area contributed by atoms with Crippen LogP contribution < -0.4 is 0 Å². The molecule has 1 N–H and O–H groups in total. The molecule has 73 heavy (non-hydrogen) atoms. The lowest BCUT2D eigenvalue weighted by atomic mass is 9.96. The van der Waals surface area contributed by atoms with Crippen LogP contribution in [0.4, 0.5) is 0 Å². The Bertz CT molecular complexity index is 4550. The maximum Gasteiger partial charge on any atom is 0.226 e. The predicted octanol–water partition coefficient (Wildman–Crippen LogP) is 18.1. The number of rotatable bonds is 7. The van der Waals surface area contributed by atoms with E-state index >= 15 is 0 Å². The molecule has 1 aliphatic carbocycles. The number of aromatic nitrogens is 5. The van der Waals surface area contributed by atoms with Gasteiger partial charge >= 0.3 is 0 Å². The Morgan fingerprint density at radius 2 is 0.808 bits per heavy atom. The maximum absolute atomic E-state index is 6.50. The monoisotopic (exact) mass is 949 g/mol. The topological polar surface area (TPSA) is 59.4 Å². The van der Waals surface area contributed by atoms with E-state index in [1.165, 1.54) is 82.2 Å². The average Bonchev–Trinajstić information content (AvgIpc) is 4.11. The number of nitrogens with zero attached hydrogens (tertiary/aromatic N) is 4. The Morgan fingerprint density at radius 1 is 0.301 bits per heavy atom. The van der Waals surface area contributed by atoms with Crippen LogP contribution >= 0.6 is 11.6 Å². The molecule has 340 valence electrons. The summed E-state index contributed by atoms with van der Waals surface area (Å²) in [6.07, 6.45) is 0. The van der Waals surface area contributed by atoms with Crippen LogP contribution in [0.5, 0.6) is 0 Å². The summed E-state index contributed by atoms with van der Waals surface area (Å²) in [7, 11) is 0. The number of aromatic amines is 1. The van der Waals surface area contributed by atoms with E-state index in [2.05, 4.69) is 226 Å². The first-order valence-corrected chi connectivity index (χ1v) is 25.0. The first-order chi connectivity index (χ1) is 36.1. The van der Waals surface area contributed by atoms with Gasteiger partial charge in [0.05, 0.1) is 11.0 Å². The zero-order valence-corrected chi connectivity index (χ0v) is 39.9. The summed E-state index contributed by atoms with van der Waals surface area (Å²) in [4.78, 5) is 17.6. The largest absolute Gasteiger partial charge is 0.354 e. The Balaban J connectivity index is 0.744. The van der Waals surface area contributed by atoms with Crippen LogP contribution in [0.25, 0.3) is 150 Å². The summed E-state index contributed by atoms with van der Waals surface area (Å²) in [5, 5.41) is 7.77. The highest BCUT2D eigenvalue weighted by atomic mass is 35.5. The lowest BCUT2D eigenvalue weighted by Crippen LogP contribution is -1.97. The number of para-hydroxylation sites is 1. The fourth-order valence-corrected chi connectivity index (χ4v) is 11.6. The third kappa shape index (κ3) is 6.74. The zero-order chi connectivity index (χ0) is 48.1. The van der Waals surface area contributed by atoms with Crippen molar-refractivity contribution in [3.63, 3.8) is 0 Å². The summed E-state index contributed by atoms with van der Waals surface area (Å²) in [6.45, 7) is 0. The van der Waals surface area contributed by atoms with Crippen LogP contribution in [0.1, 0.15) is 0 Å². The minimum Gasteiger partial charge on any atom is -0.354 e. The molecule has 0 aliphatic heterocycles. The minimum absolute atomic E-state index is 0.157. The molecule has 6 heteroatoms. The van der Waals surface area contributed by atoms with Crippen LogP contribution in [0.3, 0.4) is 0 Å². The van der Waals surface area contributed by atoms with E-state index in [1.807, 2.05) is 30.3 Å². The molecule has 3 aromatic heterocycles. The van der Waals surface area contributed by atoms with E-state index < -0.39 is 0 Å². The number of hydrogen-bond acceptors (Lipinski definition) is 3. The molecule has 0 fully saturated rings. The fourth-order valence-electron chi connectivity index (χ4n) is 11.4. The molecule has 0 spiro atoms. The Morgan fingerprint density at radius 3 is 1.58 bits per heavy atom. The van der Waals surface area contributed by atoms with Crippen LogP contribution in [0.15, 0.2) is 237 Å². The van der Waals surface area contributed by atoms with Crippen molar-refractivity contribution in [2.45, 2.75) is 0 Å². The summed E-state index contributed by atoms with van der Waals surface area (Å²) in [6, 6.07) is 85.0. The second-order valence-electron chi connectivity index (χ2n) is 19.0. The molecule has 0 amide bonds. The molecule has 0 atom stereocenters. The van der Waals surface area contributed by atoms with Gasteiger partial charge in [0.1, 0.15) is 0 Å². The van der Waals surface area contributed by atoms with Gasteiger partial charge in [-0.3, -0.25) is 0 Å². The lowest BCUT2D eigenvalue weighted by Gasteiger charge is -2.12. The van der Waals surface area contributed by atoms with Crippen LogP contribution in [-0.4, -0.2) is 24.5 Å². The van der Waals surface area contributed by atoms with Gasteiger partial charge in [-0.2, -0.15) is 9.97 Å². The molecule has 11 aromatic carbocycles. The molecule has 0 saturated carbocycles. The maximum atomic E-state index is 6.50. The molecule has 0 radical (unpaired) electrons. The Hall–Kier alpha value is -9.42. The van der Waals surface area contributed by atoms with Crippen molar-refractivity contribution < 1.29 is 0 Å². The number of hydrogen-bond donors (Lipinski definition) is 1. The van der Waals surface area contributed by atoms with Gasteiger partial charge in [0.25, 0.3) is 0 Å². The van der Waals surface area contributed by atoms with Gasteiger partial charge in [0.15, 0.2) is 11.6 Å². The first-order valence-electron chi connectivity index (χ1n) is 24.6. The smallest absolute Gasteiger partial charge is 0.226 e. The molecule has 0 saturated heterocycles. The van der Waals surface area contributed by atoms with Crippen molar-refractivity contribution in [1.82, 2.24) is 24.5 Å². The molecule has 1 aliphatic rings. The van der Waals surface area contributed by atoms with Gasteiger partial charge in [-0.15, -0.1) is 0 Å². The molecule has 5 nitrogen and oxygen atoms in total. The number of H-pyrrole nitrogens is 1. The van der Waals surface area contributed by atoms with E-state index in [-0.39, 0.29) is 5.28 Å². The number of halogens is 1. The second kappa shape index (κ2) is 16.3. The summed E-state index contributed by atoms with van der Waals surface area (Å²) in [5.41, 5.74) is 21.9. The van der Waals surface area contributed by atoms with Gasteiger partial charge in [-0.25, -0.2) is 4.98 Å². The zero-order valence-electron chi connectivity index (χ0n) is 39.2. The molecular formula is C67H40ClN5. The quantitative estimate of drug-likeness (QED) is 0.173. The number of fused-ring (bicyclic) bond motifs is 10. The van der Waals surface area contributed by atoms with Crippen molar-refractivity contribution in [2.75, 3.05) is 0 Å². The van der Waals surface area contributed by atoms with Crippen molar-refractivity contribution in [1.29, 1.82) is 0 Å². The predicted molar refractivity (Wildman–Crippen MR) is 303 cm³/mol. The van der Waals surface area contributed by atoms with Gasteiger partial charge in [-0.1, -0.05) is 182 Å². The summed E-state index contributed by atoms with van der Waals surface area (Å²) in [5.74, 6) is 1.06. The first kappa shape index (κ1) is 41.4. The highest BCUT2D eigenvalue weighted by Gasteiger charge is 2.24. The highest BCUT2D eigenvalue weighted by Crippen LogP contribution is 2.50. The van der Waals surface area contributed by atoms with Gasteiger partial charge in [0, 0.05) is 49.4 Å². The van der Waals surface area contributed by atoms with Gasteiger partial charge in [0.2, 0.25) is 5.28 Å². The SMILES string of the molecule is Clc1nc(-c2ccc(-c3ccccc3)cc2)nc(-c2ccc(-c3cccc(-c4cccc(-n5c6ccccc6c6cc(-c7ccc8[nH]c9cc%10c%11c(cccc%11c9c8c7)-c7ccccc7-%10)ccc65)c4)c3)cc2)n1. The molecule has 14 aromatic rings. The summed E-state index contributed by atoms with van der Waals surface area (Å²) < 4.78 is 2.41. The van der Waals surface area contributed by atoms with Crippen LogP contribution in [0.2, 0.25) is 5.28 Å². The lowest BCUT2D eigenvalue weighted by molar-refractivity contribution is 1.07. The minimum atomic E-state index is 0.157. The molecule has 15 rings (SSSR count). The molecular weight excluding hydrogens is 910 g/mol. The Labute approximate surface area is 425 Å². The van der Waals surface area contributed by atoms with Crippen molar-refractivity contribution in [3.05, 3.63) is 242 Å². The second-order valence-corrected chi connectivity index (χ2v) is 19.3. The normalized spacial score (nSPS) is 11.9.